The lowest BCUT2D eigenvalue weighted by Gasteiger charge is -2.37. The summed E-state index contributed by atoms with van der Waals surface area (Å²) in [5, 5.41) is 16.8. The second kappa shape index (κ2) is 7.47. The number of hydrogen-bond acceptors (Lipinski definition) is 3. The molecular formula is C23H23Cl2FN2O3. The monoisotopic (exact) mass is 464 g/mol. The number of hydrogen-bond donors (Lipinski definition) is 3. The van der Waals surface area contributed by atoms with E-state index in [4.69, 9.17) is 23.2 Å². The van der Waals surface area contributed by atoms with Gasteiger partial charge in [-0.1, -0.05) is 50.0 Å². The molecule has 4 atom stereocenters. The summed E-state index contributed by atoms with van der Waals surface area (Å²) in [4.78, 5) is 26.0. The largest absolute Gasteiger partial charge is 0.480 e. The number of carboxylic acids is 1. The molecular weight excluding hydrogens is 442 g/mol. The number of anilines is 1. The summed E-state index contributed by atoms with van der Waals surface area (Å²) in [6, 6.07) is 7.42. The number of carbonyl (C=O) groups is 2. The number of halogens is 3. The fourth-order valence-corrected chi connectivity index (χ4v) is 5.57. The van der Waals surface area contributed by atoms with Gasteiger partial charge in [0.2, 0.25) is 5.91 Å². The fourth-order valence-electron chi connectivity index (χ4n) is 5.16. The number of nitrogens with one attached hydrogen (secondary N) is 2. The Hall–Kier alpha value is -2.15. The molecule has 1 amide bonds. The van der Waals surface area contributed by atoms with E-state index in [-0.39, 0.29) is 16.3 Å². The standard InChI is InChI=1S/C23H23Cl2FN2O3/c1-22(2,3)10-17-23(15-5-4-12(24)9-16(15)27-21(23)31)18(19(28-17)20(29)30)11-6-13(25)8-14(26)7-11/h4-9,17-19,28H,10H2,1-3H3,(H,27,31)(H,29,30)/t17-,18+,19-,23+/m1/s1. The van der Waals surface area contributed by atoms with Crippen LogP contribution in [0.1, 0.15) is 44.2 Å². The molecule has 4 rings (SSSR count). The van der Waals surface area contributed by atoms with Gasteiger partial charge in [0.15, 0.2) is 0 Å². The zero-order valence-corrected chi connectivity index (χ0v) is 18.8. The Balaban J connectivity index is 2.02. The van der Waals surface area contributed by atoms with Crippen molar-refractivity contribution in [1.29, 1.82) is 0 Å². The summed E-state index contributed by atoms with van der Waals surface area (Å²) in [5.74, 6) is -2.92. The van der Waals surface area contributed by atoms with Gasteiger partial charge in [0, 0.05) is 27.7 Å². The fraction of sp³-hybridized carbons (Fsp3) is 0.391. The molecule has 8 heteroatoms. The van der Waals surface area contributed by atoms with E-state index in [0.717, 1.165) is 6.07 Å². The number of carbonyl (C=O) groups excluding carboxylic acids is 1. The van der Waals surface area contributed by atoms with Crippen molar-refractivity contribution in [3.63, 3.8) is 0 Å². The number of benzene rings is 2. The molecule has 3 N–H and O–H groups in total. The van der Waals surface area contributed by atoms with Gasteiger partial charge in [-0.2, -0.15) is 0 Å². The molecule has 1 fully saturated rings. The molecule has 1 spiro atoms. The van der Waals surface area contributed by atoms with Crippen LogP contribution in [0.5, 0.6) is 0 Å². The van der Waals surface area contributed by atoms with Crippen molar-refractivity contribution in [2.75, 3.05) is 5.32 Å². The average Bonchev–Trinajstić information content (AvgIpc) is 3.09. The summed E-state index contributed by atoms with van der Waals surface area (Å²) < 4.78 is 14.3. The van der Waals surface area contributed by atoms with E-state index in [0.29, 0.717) is 28.3 Å². The lowest BCUT2D eigenvalue weighted by molar-refractivity contribution is -0.139. The summed E-state index contributed by atoms with van der Waals surface area (Å²) in [5.41, 5.74) is 0.0687. The van der Waals surface area contributed by atoms with Gasteiger partial charge in [0.25, 0.3) is 0 Å². The molecule has 5 nitrogen and oxygen atoms in total. The Morgan fingerprint density at radius 2 is 1.87 bits per heavy atom. The quantitative estimate of drug-likeness (QED) is 0.599. The van der Waals surface area contributed by atoms with Gasteiger partial charge in [0.1, 0.15) is 17.3 Å². The molecule has 2 aromatic carbocycles. The maximum absolute atomic E-state index is 14.3. The van der Waals surface area contributed by atoms with Gasteiger partial charge in [-0.05, 0) is 53.3 Å². The van der Waals surface area contributed by atoms with Gasteiger partial charge in [0.05, 0.1) is 0 Å². The summed E-state index contributed by atoms with van der Waals surface area (Å²) in [7, 11) is 0. The Bertz CT molecular complexity index is 1060. The van der Waals surface area contributed by atoms with Gasteiger partial charge in [-0.25, -0.2) is 4.39 Å². The molecule has 2 aliphatic heterocycles. The molecule has 2 aliphatic rings. The van der Waals surface area contributed by atoms with Crippen molar-refractivity contribution in [3.8, 4) is 0 Å². The highest BCUT2D eigenvalue weighted by Gasteiger charge is 2.65. The van der Waals surface area contributed by atoms with Crippen LogP contribution in [0.15, 0.2) is 36.4 Å². The average molecular weight is 465 g/mol. The lowest BCUT2D eigenvalue weighted by atomic mass is 9.62. The minimum atomic E-state index is -1.27. The first-order valence-electron chi connectivity index (χ1n) is 10.00. The van der Waals surface area contributed by atoms with E-state index in [1.54, 1.807) is 18.2 Å². The van der Waals surface area contributed by atoms with Crippen molar-refractivity contribution in [2.24, 2.45) is 5.41 Å². The number of fused-ring (bicyclic) bond motifs is 2. The highest BCUT2D eigenvalue weighted by Crippen LogP contribution is 2.56. The number of carboxylic acid groups (broad SMARTS) is 1. The minimum Gasteiger partial charge on any atom is -0.480 e. The van der Waals surface area contributed by atoms with Crippen molar-refractivity contribution in [1.82, 2.24) is 5.32 Å². The Morgan fingerprint density at radius 1 is 1.16 bits per heavy atom. The van der Waals surface area contributed by atoms with Crippen LogP contribution in [0.2, 0.25) is 10.0 Å². The maximum atomic E-state index is 14.3. The molecule has 31 heavy (non-hydrogen) atoms. The van der Waals surface area contributed by atoms with Crippen molar-refractivity contribution in [3.05, 3.63) is 63.4 Å². The first kappa shape index (κ1) is 22.1. The van der Waals surface area contributed by atoms with E-state index >= 15 is 0 Å². The van der Waals surface area contributed by atoms with Crippen LogP contribution in [0.25, 0.3) is 0 Å². The molecule has 0 bridgehead atoms. The third-order valence-corrected chi connectivity index (χ3v) is 6.59. The van der Waals surface area contributed by atoms with Crippen LogP contribution in [-0.2, 0) is 15.0 Å². The molecule has 0 saturated carbocycles. The predicted octanol–water partition coefficient (Wildman–Crippen LogP) is 4.97. The van der Waals surface area contributed by atoms with Crippen LogP contribution >= 0.6 is 23.2 Å². The van der Waals surface area contributed by atoms with Crippen LogP contribution in [0, 0.1) is 11.2 Å². The highest BCUT2D eigenvalue weighted by atomic mass is 35.5. The van der Waals surface area contributed by atoms with E-state index in [1.807, 2.05) is 20.8 Å². The number of amides is 1. The highest BCUT2D eigenvalue weighted by molar-refractivity contribution is 6.31. The Kier molecular flexibility index (Phi) is 5.31. The third-order valence-electron chi connectivity index (χ3n) is 6.13. The normalized spacial score (nSPS) is 27.4. The summed E-state index contributed by atoms with van der Waals surface area (Å²) in [6.45, 7) is 6.08. The molecule has 2 heterocycles. The maximum Gasteiger partial charge on any atom is 0.321 e. The Morgan fingerprint density at radius 3 is 2.48 bits per heavy atom. The molecule has 0 unspecified atom stereocenters. The second-order valence-corrected chi connectivity index (χ2v) is 10.4. The van der Waals surface area contributed by atoms with E-state index in [1.165, 1.54) is 12.1 Å². The second-order valence-electron chi connectivity index (χ2n) is 9.49. The molecule has 2 aromatic rings. The summed E-state index contributed by atoms with van der Waals surface area (Å²) in [6.07, 6.45) is 0.520. The van der Waals surface area contributed by atoms with Gasteiger partial charge < -0.3 is 10.4 Å². The molecule has 0 aliphatic carbocycles. The van der Waals surface area contributed by atoms with Crippen LogP contribution in [0.3, 0.4) is 0 Å². The van der Waals surface area contributed by atoms with Crippen LogP contribution < -0.4 is 10.6 Å². The zero-order chi connectivity index (χ0) is 22.7. The predicted molar refractivity (Wildman–Crippen MR) is 118 cm³/mol. The molecule has 0 aromatic heterocycles. The minimum absolute atomic E-state index is 0.142. The van der Waals surface area contributed by atoms with Gasteiger partial charge in [-0.3, -0.25) is 14.9 Å². The van der Waals surface area contributed by atoms with Crippen molar-refractivity contribution in [2.45, 2.75) is 50.6 Å². The first-order valence-corrected chi connectivity index (χ1v) is 10.8. The van der Waals surface area contributed by atoms with Gasteiger partial charge in [-0.15, -0.1) is 0 Å². The van der Waals surface area contributed by atoms with E-state index in [9.17, 15) is 19.1 Å². The van der Waals surface area contributed by atoms with Crippen molar-refractivity contribution < 1.29 is 19.1 Å². The van der Waals surface area contributed by atoms with E-state index in [2.05, 4.69) is 10.6 Å². The third kappa shape index (κ3) is 3.60. The van der Waals surface area contributed by atoms with Gasteiger partial charge >= 0.3 is 5.97 Å². The molecule has 1 saturated heterocycles. The lowest BCUT2D eigenvalue weighted by Crippen LogP contribution is -2.49. The SMILES string of the molecule is CC(C)(C)C[C@H]1N[C@@H](C(=O)O)[C@H](c2cc(F)cc(Cl)c2)[C@@]12C(=O)Nc1cc(Cl)ccc12. The van der Waals surface area contributed by atoms with Crippen LogP contribution in [-0.4, -0.2) is 29.1 Å². The number of rotatable bonds is 3. The van der Waals surface area contributed by atoms with Crippen LogP contribution in [0.4, 0.5) is 10.1 Å². The zero-order valence-electron chi connectivity index (χ0n) is 17.3. The topological polar surface area (TPSA) is 78.4 Å². The number of aliphatic carboxylic acids is 1. The molecule has 0 radical (unpaired) electrons. The smallest absolute Gasteiger partial charge is 0.321 e. The Labute approximate surface area is 189 Å². The summed E-state index contributed by atoms with van der Waals surface area (Å²) >= 11 is 12.3. The van der Waals surface area contributed by atoms with E-state index < -0.39 is 35.2 Å². The van der Waals surface area contributed by atoms with Crippen molar-refractivity contribution >= 4 is 40.8 Å². The molecule has 164 valence electrons. The first-order chi connectivity index (χ1) is 14.4.